The smallest absolute Gasteiger partial charge is 0.258 e. The van der Waals surface area contributed by atoms with E-state index >= 15 is 0 Å². The van der Waals surface area contributed by atoms with Crippen LogP contribution in [-0.4, -0.2) is 28.9 Å². The second-order valence-corrected chi connectivity index (χ2v) is 10.1. The molecule has 1 amide bonds. The van der Waals surface area contributed by atoms with Gasteiger partial charge in [0, 0.05) is 52.2 Å². The van der Waals surface area contributed by atoms with E-state index in [0.29, 0.717) is 12.1 Å². The first kappa shape index (κ1) is 30.2. The molecule has 6 rings (SSSR count). The summed E-state index contributed by atoms with van der Waals surface area (Å²) < 4.78 is 0. The average molecular weight is 578 g/mol. The molecule has 0 radical (unpaired) electrons. The Balaban J connectivity index is 0.000000398. The molecule has 5 aromatic rings. The largest absolute Gasteiger partial charge is 0.507 e. The molecule has 5 nitrogen and oxygen atoms in total. The highest BCUT2D eigenvalue weighted by Gasteiger charge is 2.29. The highest BCUT2D eigenvalue weighted by atomic mass is 35.5. The number of anilines is 2. The van der Waals surface area contributed by atoms with E-state index in [2.05, 4.69) is 35.8 Å². The molecule has 0 fully saturated rings. The van der Waals surface area contributed by atoms with E-state index in [9.17, 15) is 9.90 Å². The maximum Gasteiger partial charge on any atom is 0.258 e. The van der Waals surface area contributed by atoms with E-state index in [1.54, 1.807) is 17.0 Å². The second-order valence-electron chi connectivity index (χ2n) is 10.1. The van der Waals surface area contributed by atoms with Crippen LogP contribution in [0.2, 0.25) is 0 Å². The molecule has 42 heavy (non-hydrogen) atoms. The van der Waals surface area contributed by atoms with Crippen molar-refractivity contribution >= 4 is 50.6 Å². The minimum Gasteiger partial charge on any atom is -0.507 e. The molecule has 1 aromatic heterocycles. The molecule has 0 spiro atoms. The zero-order chi connectivity index (χ0) is 30.4. The van der Waals surface area contributed by atoms with Gasteiger partial charge >= 0.3 is 0 Å². The summed E-state index contributed by atoms with van der Waals surface area (Å²) >= 11 is 4.64. The van der Waals surface area contributed by atoms with Crippen molar-refractivity contribution in [2.45, 2.75) is 20.3 Å². The van der Waals surface area contributed by atoms with E-state index in [1.165, 1.54) is 6.38 Å². The normalized spacial score (nSPS) is 12.0. The Morgan fingerprint density at radius 1 is 1.07 bits per heavy atom. The quantitative estimate of drug-likeness (QED) is 0.113. The Hall–Kier alpha value is -4.74. The van der Waals surface area contributed by atoms with Gasteiger partial charge in [0.25, 0.3) is 5.91 Å². The van der Waals surface area contributed by atoms with Crippen LogP contribution in [0.25, 0.3) is 32.9 Å². The lowest BCUT2D eigenvalue weighted by atomic mass is 9.97. The summed E-state index contributed by atoms with van der Waals surface area (Å²) in [6, 6.07) is 23.2. The number of alkyl halides is 1. The molecule has 0 bridgehead atoms. The van der Waals surface area contributed by atoms with Gasteiger partial charge in [0.15, 0.2) is 0 Å². The summed E-state index contributed by atoms with van der Waals surface area (Å²) in [5.74, 6) is 0.152. The number of allylic oxidation sites excluding steroid dienone is 4. The van der Waals surface area contributed by atoms with Crippen molar-refractivity contribution in [3.8, 4) is 17.0 Å². The number of aromatic amines is 1. The fourth-order valence-corrected chi connectivity index (χ4v) is 5.23. The number of rotatable bonds is 4. The van der Waals surface area contributed by atoms with Crippen molar-refractivity contribution < 1.29 is 9.90 Å². The van der Waals surface area contributed by atoms with Gasteiger partial charge in [-0.3, -0.25) is 4.79 Å². The number of nitrogens with zero attached hydrogens (tertiary/aromatic N) is 1. The number of phenols is 1. The van der Waals surface area contributed by atoms with Crippen molar-refractivity contribution in [2.75, 3.05) is 23.6 Å². The molecule has 0 saturated heterocycles. The first-order valence-electron chi connectivity index (χ1n) is 13.6. The number of benzene rings is 4. The van der Waals surface area contributed by atoms with Crippen LogP contribution in [0.5, 0.6) is 5.75 Å². The van der Waals surface area contributed by atoms with Crippen LogP contribution in [0.15, 0.2) is 110 Å². The summed E-state index contributed by atoms with van der Waals surface area (Å²) in [6.07, 6.45) is 7.75. The Morgan fingerprint density at radius 3 is 2.48 bits per heavy atom. The van der Waals surface area contributed by atoms with Gasteiger partial charge < -0.3 is 20.7 Å². The zero-order valence-electron chi connectivity index (χ0n) is 24.2. The monoisotopic (exact) mass is 577 g/mol. The van der Waals surface area contributed by atoms with Gasteiger partial charge in [-0.25, -0.2) is 0 Å². The number of hydrogen-bond acceptors (Lipinski definition) is 3. The number of fused-ring (bicyclic) bond motifs is 4. The van der Waals surface area contributed by atoms with Gasteiger partial charge in [-0.05, 0) is 78.7 Å². The fraction of sp³-hybridized carbons (Fsp3) is 0.139. The number of nitrogens with two attached hydrogens (primary N) is 1. The molecule has 6 heteroatoms. The van der Waals surface area contributed by atoms with Gasteiger partial charge in [-0.1, -0.05) is 67.3 Å². The number of carbonyl (C=O) groups is 1. The molecule has 4 aromatic carbocycles. The third-order valence-electron chi connectivity index (χ3n) is 7.16. The van der Waals surface area contributed by atoms with Crippen molar-refractivity contribution in [3.63, 3.8) is 0 Å². The lowest BCUT2D eigenvalue weighted by Gasteiger charge is -2.19. The first-order chi connectivity index (χ1) is 20.3. The Kier molecular flexibility index (Phi) is 9.56. The number of nitrogens with one attached hydrogen (secondary N) is 1. The summed E-state index contributed by atoms with van der Waals surface area (Å²) in [7, 11) is 0. The van der Waals surface area contributed by atoms with Gasteiger partial charge in [-0.2, -0.15) is 0 Å². The third-order valence-corrected chi connectivity index (χ3v) is 7.16. The van der Waals surface area contributed by atoms with Crippen LogP contribution < -0.4 is 10.6 Å². The topological polar surface area (TPSA) is 82.3 Å². The van der Waals surface area contributed by atoms with Crippen LogP contribution in [-0.2, 0) is 6.42 Å². The number of halogens is 1. The van der Waals surface area contributed by atoms with E-state index in [0.717, 1.165) is 67.4 Å². The number of nitrogen functional groups attached to an aromatic ring is 1. The molecule has 0 atom stereocenters. The number of aryl methyl sites for hydroxylation is 1. The van der Waals surface area contributed by atoms with E-state index in [4.69, 9.17) is 5.73 Å². The summed E-state index contributed by atoms with van der Waals surface area (Å²) in [6.45, 7) is 11.8. The third kappa shape index (κ3) is 6.27. The number of carbonyl (C=O) groups excluding carboxylic acids is 1. The van der Waals surface area contributed by atoms with Gasteiger partial charge in [0.2, 0.25) is 0 Å². The minimum absolute atomic E-state index is 0.0572. The molecule has 0 unspecified atom stereocenters. The maximum atomic E-state index is 13.5. The molecule has 4 N–H and O–H groups in total. The van der Waals surface area contributed by atoms with Crippen molar-refractivity contribution in [1.29, 1.82) is 0 Å². The molecule has 1 aliphatic rings. The molecular weight excluding hydrogens is 542 g/mol. The zero-order valence-corrected chi connectivity index (χ0v) is 25.0. The van der Waals surface area contributed by atoms with Gasteiger partial charge in [0.05, 0.1) is 5.69 Å². The van der Waals surface area contributed by atoms with Crippen molar-refractivity contribution in [1.82, 2.24) is 4.98 Å². The summed E-state index contributed by atoms with van der Waals surface area (Å²) in [4.78, 5) is 18.7. The number of aromatic hydroxyl groups is 1. The molecule has 0 saturated carbocycles. The summed E-state index contributed by atoms with van der Waals surface area (Å²) in [5, 5.41) is 13.5. The molecule has 0 aliphatic carbocycles. The molecule has 1 aliphatic heterocycles. The van der Waals surface area contributed by atoms with Crippen LogP contribution in [0.3, 0.4) is 0 Å². The number of phenolic OH excluding ortho intramolecular Hbond substituents is 1. The van der Waals surface area contributed by atoms with E-state index < -0.39 is 0 Å². The van der Waals surface area contributed by atoms with Crippen molar-refractivity contribution in [3.05, 3.63) is 126 Å². The predicted molar refractivity (Wildman–Crippen MR) is 180 cm³/mol. The maximum absolute atomic E-state index is 13.5. The highest BCUT2D eigenvalue weighted by Crippen LogP contribution is 2.41. The molecule has 214 valence electrons. The minimum atomic E-state index is -0.0572. The highest BCUT2D eigenvalue weighted by molar-refractivity contribution is 6.15. The average Bonchev–Trinajstić information content (AvgIpc) is 3.61. The number of aromatic nitrogens is 1. The lowest BCUT2D eigenvalue weighted by molar-refractivity contribution is 0.0989. The van der Waals surface area contributed by atoms with E-state index in [-0.39, 0.29) is 11.7 Å². The van der Waals surface area contributed by atoms with Gasteiger partial charge in [0.1, 0.15) is 5.75 Å². The first-order valence-corrected chi connectivity index (χ1v) is 14.4. The summed E-state index contributed by atoms with van der Waals surface area (Å²) in [5.41, 5.74) is 14.2. The number of hydrogen-bond donors (Lipinski definition) is 3. The van der Waals surface area contributed by atoms with E-state index in [1.807, 2.05) is 86.7 Å². The number of H-pyrrole nitrogens is 1. The predicted octanol–water partition coefficient (Wildman–Crippen LogP) is 8.95. The van der Waals surface area contributed by atoms with Crippen LogP contribution in [0, 0.1) is 6.92 Å². The van der Waals surface area contributed by atoms with Crippen molar-refractivity contribution in [2.24, 2.45) is 0 Å². The van der Waals surface area contributed by atoms with Crippen LogP contribution in [0.4, 0.5) is 11.4 Å². The lowest BCUT2D eigenvalue weighted by Crippen LogP contribution is -2.28. The van der Waals surface area contributed by atoms with Gasteiger partial charge in [-0.15, -0.1) is 11.6 Å². The molecular formula is C36H36ClN3O2. The standard InChI is InChI=1S/C28H23N3O2.C7H10.CH3Cl/c1-16-3-2-4-22-26(32)15-25-21(27(16)22)11-12-31(25)28(33)18-7-10-23-19(13-18)14-24(30-23)17-5-8-20(29)9-6-17;1-4-5-6-7(2)3;1-2/h2-10,13-15,30,32H,11-12,29H2,1H3;4-6H,1-2H2,3H3;1H3/b;6-5-;. The van der Waals surface area contributed by atoms with Crippen LogP contribution >= 0.6 is 11.6 Å². The molecule has 2 heterocycles. The second kappa shape index (κ2) is 13.3. The Morgan fingerprint density at radius 2 is 1.81 bits per heavy atom. The number of amides is 1. The Bertz CT molecular complexity index is 1800. The SMILES string of the molecule is C=C/C=C\C(=C)C.CCl.Cc1cccc2c(O)cc3c(c12)CCN3C(=O)c1ccc2[nH]c(-c3ccc(N)cc3)cc2c1. The fourth-order valence-electron chi connectivity index (χ4n) is 5.23. The van der Waals surface area contributed by atoms with Crippen LogP contribution in [0.1, 0.15) is 28.4 Å². The Labute approximate surface area is 252 Å².